The van der Waals surface area contributed by atoms with E-state index in [0.29, 0.717) is 5.56 Å². The smallest absolute Gasteiger partial charge is 0.387 e. The monoisotopic (exact) mass is 230 g/mol. The summed E-state index contributed by atoms with van der Waals surface area (Å²) in [6.45, 7) is -2.96. The highest BCUT2D eigenvalue weighted by Crippen LogP contribution is 2.38. The van der Waals surface area contributed by atoms with Crippen LogP contribution in [0.1, 0.15) is 5.56 Å². The van der Waals surface area contributed by atoms with Crippen LogP contribution in [0.5, 0.6) is 11.5 Å². The zero-order valence-corrected chi connectivity index (χ0v) is 8.02. The van der Waals surface area contributed by atoms with Crippen molar-refractivity contribution >= 4 is 5.97 Å². The van der Waals surface area contributed by atoms with Gasteiger partial charge in [-0.3, -0.25) is 0 Å². The molecule has 6 heteroatoms. The number of alkyl halides is 2. The van der Waals surface area contributed by atoms with Crippen LogP contribution < -0.4 is 9.47 Å². The van der Waals surface area contributed by atoms with Gasteiger partial charge in [-0.05, 0) is 6.07 Å². The number of fused-ring (bicyclic) bond motifs is 1. The lowest BCUT2D eigenvalue weighted by Gasteiger charge is -2.09. The average Bonchev–Trinajstić information content (AvgIpc) is 2.61. The third kappa shape index (κ3) is 1.91. The van der Waals surface area contributed by atoms with E-state index >= 15 is 0 Å². The van der Waals surface area contributed by atoms with Gasteiger partial charge in [0.15, 0.2) is 17.6 Å². The van der Waals surface area contributed by atoms with Crippen molar-refractivity contribution in [2.45, 2.75) is 19.1 Å². The number of benzene rings is 1. The van der Waals surface area contributed by atoms with E-state index < -0.39 is 18.7 Å². The summed E-state index contributed by atoms with van der Waals surface area (Å²) in [6, 6.07) is 4.45. The van der Waals surface area contributed by atoms with Gasteiger partial charge < -0.3 is 14.6 Å². The number of aliphatic carboxylic acids is 1. The van der Waals surface area contributed by atoms with Gasteiger partial charge in [0.05, 0.1) is 0 Å². The molecule has 0 spiro atoms. The summed E-state index contributed by atoms with van der Waals surface area (Å²) in [5.74, 6) is -1.16. The Morgan fingerprint density at radius 3 is 2.94 bits per heavy atom. The Morgan fingerprint density at radius 2 is 2.31 bits per heavy atom. The quantitative estimate of drug-likeness (QED) is 0.858. The number of para-hydroxylation sites is 1. The van der Waals surface area contributed by atoms with Crippen molar-refractivity contribution in [2.24, 2.45) is 0 Å². The van der Waals surface area contributed by atoms with Gasteiger partial charge in [-0.1, -0.05) is 12.1 Å². The zero-order chi connectivity index (χ0) is 11.7. The number of halogens is 2. The molecule has 0 amide bonds. The van der Waals surface area contributed by atoms with Gasteiger partial charge in [0.1, 0.15) is 0 Å². The van der Waals surface area contributed by atoms with Gasteiger partial charge >= 0.3 is 12.6 Å². The largest absolute Gasteiger partial charge is 0.478 e. The molecule has 16 heavy (non-hydrogen) atoms. The number of hydrogen-bond donors (Lipinski definition) is 1. The Morgan fingerprint density at radius 1 is 1.56 bits per heavy atom. The predicted octanol–water partition coefficient (Wildman–Crippen LogP) is 1.68. The third-order valence-corrected chi connectivity index (χ3v) is 2.22. The Bertz CT molecular complexity index is 419. The van der Waals surface area contributed by atoms with Crippen LogP contribution in [0, 0.1) is 0 Å². The second kappa shape index (κ2) is 3.96. The molecule has 0 saturated carbocycles. The maximum atomic E-state index is 12.1. The van der Waals surface area contributed by atoms with Gasteiger partial charge in [-0.15, -0.1) is 0 Å². The van der Waals surface area contributed by atoms with E-state index in [-0.39, 0.29) is 17.9 Å². The molecule has 1 aromatic carbocycles. The van der Waals surface area contributed by atoms with Crippen molar-refractivity contribution in [3.8, 4) is 11.5 Å². The van der Waals surface area contributed by atoms with Crippen LogP contribution in [-0.2, 0) is 11.2 Å². The molecule has 1 unspecified atom stereocenters. The summed E-state index contributed by atoms with van der Waals surface area (Å²) in [7, 11) is 0. The Kier molecular flexibility index (Phi) is 2.64. The Labute approximate surface area is 89.4 Å². The Hall–Kier alpha value is -1.85. The SMILES string of the molecule is O=C(O)C1Cc2cccc(OC(F)F)c2O1. The van der Waals surface area contributed by atoms with Gasteiger partial charge in [-0.2, -0.15) is 8.78 Å². The van der Waals surface area contributed by atoms with E-state index in [4.69, 9.17) is 9.84 Å². The minimum atomic E-state index is -2.96. The highest BCUT2D eigenvalue weighted by molar-refractivity contribution is 5.75. The first-order valence-corrected chi connectivity index (χ1v) is 4.54. The van der Waals surface area contributed by atoms with E-state index in [1.807, 2.05) is 0 Å². The van der Waals surface area contributed by atoms with Gasteiger partial charge in [-0.25, -0.2) is 4.79 Å². The maximum absolute atomic E-state index is 12.1. The summed E-state index contributed by atoms with van der Waals surface area (Å²) in [4.78, 5) is 10.7. The molecule has 2 rings (SSSR count). The first-order valence-electron chi connectivity index (χ1n) is 4.54. The zero-order valence-electron chi connectivity index (χ0n) is 8.02. The molecule has 0 bridgehead atoms. The molecule has 0 aliphatic carbocycles. The second-order valence-electron chi connectivity index (χ2n) is 3.27. The van der Waals surface area contributed by atoms with Crippen molar-refractivity contribution < 1.29 is 28.2 Å². The van der Waals surface area contributed by atoms with Crippen LogP contribution in [0.15, 0.2) is 18.2 Å². The summed E-state index contributed by atoms with van der Waals surface area (Å²) in [5, 5.41) is 8.74. The van der Waals surface area contributed by atoms with Crippen LogP contribution >= 0.6 is 0 Å². The molecule has 1 aliphatic heterocycles. The van der Waals surface area contributed by atoms with Crippen molar-refractivity contribution in [1.82, 2.24) is 0 Å². The molecule has 1 atom stereocenters. The van der Waals surface area contributed by atoms with Crippen LogP contribution in [0.2, 0.25) is 0 Å². The molecule has 0 radical (unpaired) electrons. The van der Waals surface area contributed by atoms with Crippen LogP contribution in [0.3, 0.4) is 0 Å². The summed E-state index contributed by atoms with van der Waals surface area (Å²) < 4.78 is 33.4. The van der Waals surface area contributed by atoms with E-state index in [2.05, 4.69) is 4.74 Å². The first kappa shape index (κ1) is 10.7. The van der Waals surface area contributed by atoms with Crippen LogP contribution in [0.25, 0.3) is 0 Å². The van der Waals surface area contributed by atoms with E-state index in [0.717, 1.165) is 0 Å². The lowest BCUT2D eigenvalue weighted by Crippen LogP contribution is -2.24. The van der Waals surface area contributed by atoms with Gasteiger partial charge in [0.2, 0.25) is 0 Å². The lowest BCUT2D eigenvalue weighted by molar-refractivity contribution is -0.144. The molecule has 1 aliphatic rings. The molecule has 86 valence electrons. The number of carbonyl (C=O) groups is 1. The highest BCUT2D eigenvalue weighted by atomic mass is 19.3. The number of rotatable bonds is 3. The van der Waals surface area contributed by atoms with Crippen LogP contribution in [0.4, 0.5) is 8.78 Å². The molecule has 4 nitrogen and oxygen atoms in total. The number of carboxylic acids is 1. The first-order chi connectivity index (χ1) is 7.58. The van der Waals surface area contributed by atoms with E-state index in [1.165, 1.54) is 12.1 Å². The molecule has 0 saturated heterocycles. The van der Waals surface area contributed by atoms with E-state index in [1.54, 1.807) is 6.07 Å². The predicted molar refractivity (Wildman–Crippen MR) is 48.8 cm³/mol. The number of hydrogen-bond acceptors (Lipinski definition) is 3. The summed E-state index contributed by atoms with van der Waals surface area (Å²) >= 11 is 0. The minimum absolute atomic E-state index is 0.0928. The molecule has 0 aromatic heterocycles. The fourth-order valence-electron chi connectivity index (χ4n) is 1.57. The minimum Gasteiger partial charge on any atom is -0.478 e. The third-order valence-electron chi connectivity index (χ3n) is 2.22. The fraction of sp³-hybridized carbons (Fsp3) is 0.300. The molecule has 1 aromatic rings. The second-order valence-corrected chi connectivity index (χ2v) is 3.27. The highest BCUT2D eigenvalue weighted by Gasteiger charge is 2.31. The molecule has 0 fully saturated rings. The van der Waals surface area contributed by atoms with Crippen molar-refractivity contribution in [1.29, 1.82) is 0 Å². The van der Waals surface area contributed by atoms with Crippen molar-refractivity contribution in [3.63, 3.8) is 0 Å². The van der Waals surface area contributed by atoms with Gasteiger partial charge in [0.25, 0.3) is 0 Å². The van der Waals surface area contributed by atoms with Crippen molar-refractivity contribution in [2.75, 3.05) is 0 Å². The fourth-order valence-corrected chi connectivity index (χ4v) is 1.57. The van der Waals surface area contributed by atoms with Gasteiger partial charge in [0, 0.05) is 12.0 Å². The maximum Gasteiger partial charge on any atom is 0.387 e. The molecular formula is C10H8F2O4. The molecule has 1 N–H and O–H groups in total. The van der Waals surface area contributed by atoms with E-state index in [9.17, 15) is 13.6 Å². The average molecular weight is 230 g/mol. The molecular weight excluding hydrogens is 222 g/mol. The molecule has 1 heterocycles. The van der Waals surface area contributed by atoms with Crippen LogP contribution in [-0.4, -0.2) is 23.8 Å². The lowest BCUT2D eigenvalue weighted by atomic mass is 10.1. The number of ether oxygens (including phenoxy) is 2. The standard InChI is InChI=1S/C10H8F2O4/c11-10(12)16-6-3-1-2-5-4-7(9(13)14)15-8(5)6/h1-3,7,10H,4H2,(H,13,14). The summed E-state index contributed by atoms with van der Waals surface area (Å²) in [5.41, 5.74) is 0.561. The Balaban J connectivity index is 2.27. The van der Waals surface area contributed by atoms with Crippen molar-refractivity contribution in [3.05, 3.63) is 23.8 Å². The normalized spacial score (nSPS) is 18.1. The summed E-state index contributed by atoms with van der Waals surface area (Å²) in [6.07, 6.45) is -0.872. The number of carboxylic acid groups (broad SMARTS) is 1. The topological polar surface area (TPSA) is 55.8 Å².